The zero-order valence-electron chi connectivity index (χ0n) is 12.1. The lowest BCUT2D eigenvalue weighted by Crippen LogP contribution is -2.34. The van der Waals surface area contributed by atoms with Crippen molar-refractivity contribution in [3.05, 3.63) is 41.2 Å². The Bertz CT molecular complexity index is 685. The van der Waals surface area contributed by atoms with E-state index in [4.69, 9.17) is 28.6 Å². The van der Waals surface area contributed by atoms with Crippen molar-refractivity contribution < 1.29 is 9.53 Å². The summed E-state index contributed by atoms with van der Waals surface area (Å²) in [5.74, 6) is 0.278. The van der Waals surface area contributed by atoms with E-state index in [0.717, 1.165) is 11.4 Å². The monoisotopic (exact) mass is 338 g/mol. The molecule has 0 saturated heterocycles. The Labute approximate surface area is 138 Å². The molecular formula is C14H15ClN4O2S. The van der Waals surface area contributed by atoms with E-state index in [9.17, 15) is 4.79 Å². The fourth-order valence-electron chi connectivity index (χ4n) is 1.71. The first-order valence-corrected chi connectivity index (χ1v) is 7.31. The normalized spacial score (nSPS) is 10.1. The number of carbonyl (C=O) groups is 1. The molecule has 1 heterocycles. The van der Waals surface area contributed by atoms with E-state index in [0.29, 0.717) is 6.54 Å². The highest BCUT2D eigenvalue weighted by molar-refractivity contribution is 7.80. The molecule has 0 spiro atoms. The molecular weight excluding hydrogens is 324 g/mol. The Morgan fingerprint density at radius 1 is 1.41 bits per heavy atom. The highest BCUT2D eigenvalue weighted by atomic mass is 35.5. The first-order chi connectivity index (χ1) is 10.5. The number of aromatic nitrogens is 2. The molecule has 1 aromatic heterocycles. The topological polar surface area (TPSA) is 68.2 Å². The Balaban J connectivity index is 1.98. The summed E-state index contributed by atoms with van der Waals surface area (Å²) < 4.78 is 6.65. The van der Waals surface area contributed by atoms with E-state index in [1.54, 1.807) is 42.3 Å². The summed E-state index contributed by atoms with van der Waals surface area (Å²) in [6, 6.07) is 7.14. The number of nitrogens with zero attached hydrogens (tertiary/aromatic N) is 2. The zero-order valence-corrected chi connectivity index (χ0v) is 13.7. The van der Waals surface area contributed by atoms with Gasteiger partial charge in [-0.05, 0) is 43.4 Å². The Morgan fingerprint density at radius 3 is 2.64 bits per heavy atom. The summed E-state index contributed by atoms with van der Waals surface area (Å²) in [5, 5.41) is 9.97. The minimum absolute atomic E-state index is 0.141. The highest BCUT2D eigenvalue weighted by Crippen LogP contribution is 2.16. The van der Waals surface area contributed by atoms with Gasteiger partial charge in [-0.25, -0.2) is 0 Å². The maximum atomic E-state index is 12.1. The molecule has 0 bridgehead atoms. The van der Waals surface area contributed by atoms with E-state index in [1.165, 1.54) is 0 Å². The van der Waals surface area contributed by atoms with Gasteiger partial charge in [0.25, 0.3) is 5.91 Å². The van der Waals surface area contributed by atoms with Crippen LogP contribution in [0.15, 0.2) is 30.5 Å². The van der Waals surface area contributed by atoms with Crippen molar-refractivity contribution in [3.8, 4) is 5.75 Å². The summed E-state index contributed by atoms with van der Waals surface area (Å²) in [4.78, 5) is 12.1. The molecule has 0 aliphatic rings. The first-order valence-electron chi connectivity index (χ1n) is 6.52. The van der Waals surface area contributed by atoms with Crippen LogP contribution in [0.2, 0.25) is 5.02 Å². The van der Waals surface area contributed by atoms with Gasteiger partial charge in [0, 0.05) is 18.4 Å². The predicted molar refractivity (Wildman–Crippen MR) is 89.6 cm³/mol. The Kier molecular flexibility index (Phi) is 5.35. The van der Waals surface area contributed by atoms with Crippen molar-refractivity contribution in [3.63, 3.8) is 0 Å². The van der Waals surface area contributed by atoms with E-state index in [2.05, 4.69) is 15.7 Å². The molecule has 0 saturated carbocycles. The van der Waals surface area contributed by atoms with Gasteiger partial charge in [0.2, 0.25) is 0 Å². The second kappa shape index (κ2) is 7.24. The SMILES string of the molecule is CCn1cc(Cl)c(C(=O)NC(=S)Nc2ccc(OC)cc2)n1. The molecule has 0 atom stereocenters. The van der Waals surface area contributed by atoms with Gasteiger partial charge in [0.05, 0.1) is 12.1 Å². The molecule has 2 rings (SSSR count). The van der Waals surface area contributed by atoms with Crippen molar-refractivity contribution in [2.75, 3.05) is 12.4 Å². The van der Waals surface area contributed by atoms with Gasteiger partial charge in [-0.3, -0.25) is 14.8 Å². The van der Waals surface area contributed by atoms with Gasteiger partial charge in [-0.1, -0.05) is 11.6 Å². The zero-order chi connectivity index (χ0) is 16.1. The molecule has 1 amide bonds. The number of amides is 1. The van der Waals surface area contributed by atoms with Gasteiger partial charge in [-0.15, -0.1) is 0 Å². The highest BCUT2D eigenvalue weighted by Gasteiger charge is 2.16. The third-order valence-electron chi connectivity index (χ3n) is 2.83. The summed E-state index contributed by atoms with van der Waals surface area (Å²) in [7, 11) is 1.59. The van der Waals surface area contributed by atoms with E-state index < -0.39 is 5.91 Å². The van der Waals surface area contributed by atoms with Crippen molar-refractivity contribution in [2.45, 2.75) is 13.5 Å². The number of methoxy groups -OCH3 is 1. The summed E-state index contributed by atoms with van der Waals surface area (Å²) >= 11 is 11.1. The number of anilines is 1. The Hall–Kier alpha value is -2.12. The third kappa shape index (κ3) is 3.96. The molecule has 1 aromatic carbocycles. The van der Waals surface area contributed by atoms with Crippen LogP contribution in [-0.4, -0.2) is 27.9 Å². The smallest absolute Gasteiger partial charge is 0.279 e. The van der Waals surface area contributed by atoms with Crippen LogP contribution in [0.5, 0.6) is 5.75 Å². The quantitative estimate of drug-likeness (QED) is 0.839. The van der Waals surface area contributed by atoms with Crippen LogP contribution in [0, 0.1) is 0 Å². The first kappa shape index (κ1) is 16.3. The van der Waals surface area contributed by atoms with Crippen LogP contribution in [0.4, 0.5) is 5.69 Å². The number of nitrogens with one attached hydrogen (secondary N) is 2. The van der Waals surface area contributed by atoms with E-state index in [1.807, 2.05) is 6.92 Å². The summed E-state index contributed by atoms with van der Waals surface area (Å²) in [5.41, 5.74) is 0.874. The van der Waals surface area contributed by atoms with E-state index in [-0.39, 0.29) is 15.8 Å². The van der Waals surface area contributed by atoms with Gasteiger partial charge in [-0.2, -0.15) is 5.10 Å². The number of ether oxygens (including phenoxy) is 1. The lowest BCUT2D eigenvalue weighted by molar-refractivity contribution is 0.0972. The molecule has 0 aliphatic carbocycles. The standard InChI is InChI=1S/C14H15ClN4O2S/c1-3-19-8-11(15)12(18-19)13(20)17-14(22)16-9-4-6-10(21-2)7-5-9/h4-8H,3H2,1-2H3,(H2,16,17,20,22). The van der Waals surface area contributed by atoms with Gasteiger partial charge in [0.15, 0.2) is 10.8 Å². The van der Waals surface area contributed by atoms with Crippen molar-refractivity contribution in [1.82, 2.24) is 15.1 Å². The summed E-state index contributed by atoms with van der Waals surface area (Å²) in [6.07, 6.45) is 1.59. The fourth-order valence-corrected chi connectivity index (χ4v) is 2.16. The van der Waals surface area contributed by atoms with Gasteiger partial charge < -0.3 is 10.1 Å². The number of benzene rings is 1. The molecule has 0 radical (unpaired) electrons. The number of hydrogen-bond acceptors (Lipinski definition) is 4. The molecule has 116 valence electrons. The number of aryl methyl sites for hydroxylation is 1. The number of carbonyl (C=O) groups excluding carboxylic acids is 1. The number of hydrogen-bond donors (Lipinski definition) is 2. The fraction of sp³-hybridized carbons (Fsp3) is 0.214. The van der Waals surface area contributed by atoms with E-state index >= 15 is 0 Å². The second-order valence-corrected chi connectivity index (χ2v) is 5.13. The average Bonchev–Trinajstić information content (AvgIpc) is 2.89. The summed E-state index contributed by atoms with van der Waals surface area (Å²) in [6.45, 7) is 2.53. The third-order valence-corrected chi connectivity index (χ3v) is 3.31. The largest absolute Gasteiger partial charge is 0.497 e. The molecule has 2 N–H and O–H groups in total. The minimum Gasteiger partial charge on any atom is -0.497 e. The number of rotatable bonds is 4. The molecule has 6 nitrogen and oxygen atoms in total. The van der Waals surface area contributed by atoms with Crippen LogP contribution in [0.25, 0.3) is 0 Å². The molecule has 0 fully saturated rings. The van der Waals surface area contributed by atoms with Crippen molar-refractivity contribution >= 4 is 40.5 Å². The second-order valence-electron chi connectivity index (χ2n) is 4.32. The predicted octanol–water partition coefficient (Wildman–Crippen LogP) is 2.69. The lowest BCUT2D eigenvalue weighted by atomic mass is 10.3. The lowest BCUT2D eigenvalue weighted by Gasteiger charge is -2.09. The Morgan fingerprint density at radius 2 is 2.09 bits per heavy atom. The molecule has 0 aliphatic heterocycles. The van der Waals surface area contributed by atoms with Crippen LogP contribution < -0.4 is 15.4 Å². The van der Waals surface area contributed by atoms with Crippen LogP contribution in [-0.2, 0) is 6.54 Å². The van der Waals surface area contributed by atoms with Crippen LogP contribution in [0.1, 0.15) is 17.4 Å². The maximum absolute atomic E-state index is 12.1. The maximum Gasteiger partial charge on any atom is 0.279 e. The van der Waals surface area contributed by atoms with Gasteiger partial charge >= 0.3 is 0 Å². The molecule has 8 heteroatoms. The number of halogens is 1. The van der Waals surface area contributed by atoms with Crippen molar-refractivity contribution in [1.29, 1.82) is 0 Å². The molecule has 22 heavy (non-hydrogen) atoms. The molecule has 2 aromatic rings. The van der Waals surface area contributed by atoms with Crippen LogP contribution in [0.3, 0.4) is 0 Å². The van der Waals surface area contributed by atoms with Gasteiger partial charge in [0.1, 0.15) is 5.75 Å². The molecule has 0 unspecified atom stereocenters. The van der Waals surface area contributed by atoms with Crippen LogP contribution >= 0.6 is 23.8 Å². The van der Waals surface area contributed by atoms with Crippen molar-refractivity contribution in [2.24, 2.45) is 0 Å². The number of thiocarbonyl (C=S) groups is 1. The minimum atomic E-state index is -0.455. The average molecular weight is 339 g/mol.